The molecule has 108 valence electrons. The minimum Gasteiger partial charge on any atom is -0.493 e. The molecule has 0 aliphatic carbocycles. The summed E-state index contributed by atoms with van der Waals surface area (Å²) < 4.78 is 6.59. The molecule has 0 saturated heterocycles. The molecule has 0 spiro atoms. The lowest BCUT2D eigenvalue weighted by atomic mass is 9.99. The molecule has 0 aromatic heterocycles. The number of aryl methyl sites for hydroxylation is 1. The van der Waals surface area contributed by atoms with E-state index < -0.39 is 0 Å². The predicted molar refractivity (Wildman–Crippen MR) is 87.6 cm³/mol. The second-order valence-corrected chi connectivity index (χ2v) is 6.51. The van der Waals surface area contributed by atoms with Crippen LogP contribution in [0.2, 0.25) is 5.02 Å². The van der Waals surface area contributed by atoms with E-state index in [1.54, 1.807) is 0 Å². The van der Waals surface area contributed by atoms with Gasteiger partial charge in [0.05, 0.1) is 6.61 Å². The fourth-order valence-corrected chi connectivity index (χ4v) is 3.16. The maximum absolute atomic E-state index is 12.5. The summed E-state index contributed by atoms with van der Waals surface area (Å²) in [5.41, 5.74) is 3.77. The van der Waals surface area contributed by atoms with E-state index in [1.807, 2.05) is 37.3 Å². The van der Waals surface area contributed by atoms with Crippen LogP contribution in [0.5, 0.6) is 5.75 Å². The molecule has 0 fully saturated rings. The molecule has 3 rings (SSSR count). The Kier molecular flexibility index (Phi) is 4.05. The zero-order chi connectivity index (χ0) is 15.0. The molecule has 0 radical (unpaired) electrons. The number of benzene rings is 2. The summed E-state index contributed by atoms with van der Waals surface area (Å²) in [6.07, 6.45) is 1.16. The molecular weight excluding hydrogens is 352 g/mol. The summed E-state index contributed by atoms with van der Waals surface area (Å²) in [6.45, 7) is 2.66. The highest BCUT2D eigenvalue weighted by Gasteiger charge is 2.20. The van der Waals surface area contributed by atoms with E-state index in [-0.39, 0.29) is 5.78 Å². The van der Waals surface area contributed by atoms with Crippen LogP contribution in [0.4, 0.5) is 0 Å². The fourth-order valence-electron chi connectivity index (χ4n) is 2.52. The van der Waals surface area contributed by atoms with Crippen molar-refractivity contribution in [2.45, 2.75) is 19.8 Å². The number of Topliss-reactive ketones (excluding diaryl/α,β-unsaturated/α-hetero) is 1. The molecular formula is C17H14BrClO2. The number of halogens is 2. The molecule has 2 aromatic carbocycles. The third-order valence-electron chi connectivity index (χ3n) is 3.67. The van der Waals surface area contributed by atoms with E-state index >= 15 is 0 Å². The fraction of sp³-hybridized carbons (Fsp3) is 0.235. The number of carbonyl (C=O) groups is 1. The lowest BCUT2D eigenvalue weighted by Gasteiger charge is -2.09. The van der Waals surface area contributed by atoms with Crippen LogP contribution in [0.1, 0.15) is 27.0 Å². The average molecular weight is 366 g/mol. The molecule has 0 atom stereocenters. The van der Waals surface area contributed by atoms with Gasteiger partial charge in [-0.1, -0.05) is 39.7 Å². The maximum atomic E-state index is 12.5. The molecule has 0 bridgehead atoms. The minimum atomic E-state index is 0.0654. The van der Waals surface area contributed by atoms with E-state index in [2.05, 4.69) is 15.9 Å². The highest BCUT2D eigenvalue weighted by molar-refractivity contribution is 9.10. The summed E-state index contributed by atoms with van der Waals surface area (Å²) in [5, 5.41) is 0.659. The van der Waals surface area contributed by atoms with Crippen LogP contribution in [0.15, 0.2) is 34.8 Å². The van der Waals surface area contributed by atoms with Crippen molar-refractivity contribution >= 4 is 33.3 Å². The molecule has 1 aliphatic heterocycles. The van der Waals surface area contributed by atoms with Crippen molar-refractivity contribution in [2.24, 2.45) is 0 Å². The smallest absolute Gasteiger partial charge is 0.167 e. The van der Waals surface area contributed by atoms with Gasteiger partial charge in [-0.3, -0.25) is 4.79 Å². The van der Waals surface area contributed by atoms with Crippen LogP contribution in [0, 0.1) is 6.92 Å². The zero-order valence-corrected chi connectivity index (χ0v) is 13.9. The number of fused-ring (bicyclic) bond motifs is 1. The summed E-state index contributed by atoms with van der Waals surface area (Å²) in [4.78, 5) is 12.5. The topological polar surface area (TPSA) is 26.3 Å². The lowest BCUT2D eigenvalue weighted by molar-refractivity contribution is 0.0992. The molecule has 0 saturated carbocycles. The Morgan fingerprint density at radius 2 is 2.14 bits per heavy atom. The van der Waals surface area contributed by atoms with E-state index in [9.17, 15) is 4.79 Å². The van der Waals surface area contributed by atoms with Gasteiger partial charge in [-0.2, -0.15) is 0 Å². The van der Waals surface area contributed by atoms with Gasteiger partial charge in [0.2, 0.25) is 0 Å². The Bertz CT molecular complexity index is 725. The Balaban J connectivity index is 1.90. The van der Waals surface area contributed by atoms with Gasteiger partial charge in [-0.05, 0) is 36.2 Å². The molecule has 0 N–H and O–H groups in total. The van der Waals surface area contributed by atoms with Crippen molar-refractivity contribution in [3.05, 3.63) is 62.1 Å². The van der Waals surface area contributed by atoms with Crippen LogP contribution in [-0.2, 0) is 12.8 Å². The Labute approximate surface area is 137 Å². The van der Waals surface area contributed by atoms with Gasteiger partial charge >= 0.3 is 0 Å². The van der Waals surface area contributed by atoms with E-state index in [1.165, 1.54) is 0 Å². The molecule has 0 amide bonds. The number of hydrogen-bond acceptors (Lipinski definition) is 2. The highest BCUT2D eigenvalue weighted by Crippen LogP contribution is 2.33. The first-order valence-electron chi connectivity index (χ1n) is 6.78. The largest absolute Gasteiger partial charge is 0.493 e. The average Bonchev–Trinajstić information content (AvgIpc) is 2.90. The minimum absolute atomic E-state index is 0.0654. The SMILES string of the molecule is Cc1ccc(C(=O)Cc2cc(Cl)cc3c2OCC3)cc1Br. The number of hydrogen-bond donors (Lipinski definition) is 0. The standard InChI is InChI=1S/C17H14BrClO2/c1-10-2-3-11(8-15(10)18)16(20)9-13-7-14(19)6-12-4-5-21-17(12)13/h2-3,6-8H,4-5,9H2,1H3. The van der Waals surface area contributed by atoms with Crippen LogP contribution < -0.4 is 4.74 Å². The second-order valence-electron chi connectivity index (χ2n) is 5.22. The molecule has 2 aromatic rings. The number of rotatable bonds is 3. The van der Waals surface area contributed by atoms with Crippen molar-refractivity contribution in [3.63, 3.8) is 0 Å². The molecule has 0 unspecified atom stereocenters. The lowest BCUT2D eigenvalue weighted by Crippen LogP contribution is -2.05. The first kappa shape index (κ1) is 14.6. The van der Waals surface area contributed by atoms with Gasteiger partial charge in [0.1, 0.15) is 5.75 Å². The van der Waals surface area contributed by atoms with Crippen molar-refractivity contribution in [3.8, 4) is 5.75 Å². The first-order chi connectivity index (χ1) is 10.0. The number of ether oxygens (including phenoxy) is 1. The molecule has 1 heterocycles. The van der Waals surface area contributed by atoms with Crippen LogP contribution >= 0.6 is 27.5 Å². The molecule has 1 aliphatic rings. The quantitative estimate of drug-likeness (QED) is 0.732. The Morgan fingerprint density at radius 3 is 2.90 bits per heavy atom. The third-order valence-corrected chi connectivity index (χ3v) is 4.74. The monoisotopic (exact) mass is 364 g/mol. The highest BCUT2D eigenvalue weighted by atomic mass is 79.9. The maximum Gasteiger partial charge on any atom is 0.167 e. The number of ketones is 1. The van der Waals surface area contributed by atoms with Crippen LogP contribution in [-0.4, -0.2) is 12.4 Å². The number of carbonyl (C=O) groups excluding carboxylic acids is 1. The van der Waals surface area contributed by atoms with Crippen LogP contribution in [0.3, 0.4) is 0 Å². The zero-order valence-electron chi connectivity index (χ0n) is 11.6. The Morgan fingerprint density at radius 1 is 1.33 bits per heavy atom. The van der Waals surface area contributed by atoms with Gasteiger partial charge in [-0.25, -0.2) is 0 Å². The normalized spacial score (nSPS) is 12.9. The Hall–Kier alpha value is -1.32. The molecule has 4 heteroatoms. The third kappa shape index (κ3) is 2.99. The summed E-state index contributed by atoms with van der Waals surface area (Å²) >= 11 is 9.59. The van der Waals surface area contributed by atoms with Crippen molar-refractivity contribution in [2.75, 3.05) is 6.61 Å². The van der Waals surface area contributed by atoms with Crippen molar-refractivity contribution in [1.29, 1.82) is 0 Å². The molecule has 21 heavy (non-hydrogen) atoms. The van der Waals surface area contributed by atoms with E-state index in [4.69, 9.17) is 16.3 Å². The van der Waals surface area contributed by atoms with Gasteiger partial charge in [0.15, 0.2) is 5.78 Å². The summed E-state index contributed by atoms with van der Waals surface area (Å²) in [6, 6.07) is 9.40. The van der Waals surface area contributed by atoms with Gasteiger partial charge in [0, 0.05) is 33.5 Å². The summed E-state index contributed by atoms with van der Waals surface area (Å²) in [5.74, 6) is 0.898. The van der Waals surface area contributed by atoms with E-state index in [0.717, 1.165) is 33.3 Å². The second kappa shape index (κ2) is 5.82. The first-order valence-corrected chi connectivity index (χ1v) is 7.95. The van der Waals surface area contributed by atoms with Crippen molar-refractivity contribution in [1.82, 2.24) is 0 Å². The van der Waals surface area contributed by atoms with E-state index in [0.29, 0.717) is 23.6 Å². The van der Waals surface area contributed by atoms with Gasteiger partial charge in [0.25, 0.3) is 0 Å². The van der Waals surface area contributed by atoms with Crippen LogP contribution in [0.25, 0.3) is 0 Å². The van der Waals surface area contributed by atoms with Gasteiger partial charge < -0.3 is 4.74 Å². The van der Waals surface area contributed by atoms with Crippen molar-refractivity contribution < 1.29 is 9.53 Å². The molecule has 2 nitrogen and oxygen atoms in total. The van der Waals surface area contributed by atoms with Gasteiger partial charge in [-0.15, -0.1) is 0 Å². The predicted octanol–water partition coefficient (Wildman–Crippen LogP) is 4.77. The summed E-state index contributed by atoms with van der Waals surface area (Å²) in [7, 11) is 0.